The molecule has 1 aromatic rings. The van der Waals surface area contributed by atoms with Crippen LogP contribution in [-0.2, 0) is 20.2 Å². The third-order valence-electron chi connectivity index (χ3n) is 3.51. The van der Waals surface area contributed by atoms with Crippen molar-refractivity contribution < 1.29 is 17.9 Å². The van der Waals surface area contributed by atoms with Crippen molar-refractivity contribution in [2.75, 3.05) is 7.11 Å². The monoisotopic (exact) mass is 335 g/mol. The molecule has 21 heavy (non-hydrogen) atoms. The fraction of sp³-hybridized carbons (Fsp3) is 0.667. The second kappa shape index (κ2) is 6.33. The van der Waals surface area contributed by atoms with Crippen molar-refractivity contribution in [2.24, 2.45) is 0 Å². The Morgan fingerprint density at radius 2 is 2.19 bits per heavy atom. The summed E-state index contributed by atoms with van der Waals surface area (Å²) in [4.78, 5) is 12.0. The molecule has 9 heteroatoms. The summed E-state index contributed by atoms with van der Waals surface area (Å²) >= 11 is 0. The van der Waals surface area contributed by atoms with Crippen LogP contribution in [0.5, 0.6) is 0 Å². The molecule has 0 spiro atoms. The summed E-state index contributed by atoms with van der Waals surface area (Å²) < 4.78 is 28.5. The molecule has 118 valence electrons. The first-order valence-corrected chi connectivity index (χ1v) is 9.03. The van der Waals surface area contributed by atoms with Crippen molar-refractivity contribution in [1.29, 1.82) is 0 Å². The predicted molar refractivity (Wildman–Crippen MR) is 76.9 cm³/mol. The quantitative estimate of drug-likeness (QED) is 0.760. The van der Waals surface area contributed by atoms with E-state index in [1.165, 1.54) is 0 Å². The number of aromatic amines is 1. The second-order valence-electron chi connectivity index (χ2n) is 5.07. The number of aryl methyl sites for hydroxylation is 1. The van der Waals surface area contributed by atoms with Crippen molar-refractivity contribution in [3.8, 4) is 0 Å². The van der Waals surface area contributed by atoms with E-state index in [0.29, 0.717) is 31.4 Å². The number of aromatic nitrogens is 2. The third-order valence-corrected chi connectivity index (χ3v) is 4.90. The highest BCUT2D eigenvalue weighted by atomic mass is 35.7. The number of amides is 1. The lowest BCUT2D eigenvalue weighted by atomic mass is 9.89. The topological polar surface area (TPSA) is 101 Å². The summed E-state index contributed by atoms with van der Waals surface area (Å²) in [5.74, 6) is -0.535. The van der Waals surface area contributed by atoms with E-state index in [4.69, 9.17) is 15.4 Å². The van der Waals surface area contributed by atoms with Crippen LogP contribution in [0.1, 0.15) is 42.4 Å². The molecular formula is C12H18ClN3O4S. The van der Waals surface area contributed by atoms with Crippen LogP contribution in [0.3, 0.4) is 0 Å². The van der Waals surface area contributed by atoms with Crippen molar-refractivity contribution in [2.45, 2.75) is 49.6 Å². The third kappa shape index (κ3) is 3.56. The second-order valence-corrected chi connectivity index (χ2v) is 7.57. The van der Waals surface area contributed by atoms with E-state index in [-0.39, 0.29) is 22.7 Å². The van der Waals surface area contributed by atoms with Gasteiger partial charge in [0.15, 0.2) is 5.69 Å². The molecule has 1 amide bonds. The number of halogens is 1. The van der Waals surface area contributed by atoms with Gasteiger partial charge in [0, 0.05) is 23.8 Å². The van der Waals surface area contributed by atoms with Crippen molar-refractivity contribution >= 4 is 25.6 Å². The van der Waals surface area contributed by atoms with Crippen LogP contribution in [0.4, 0.5) is 0 Å². The lowest BCUT2D eigenvalue weighted by Crippen LogP contribution is -2.47. The number of nitrogens with zero attached hydrogens (tertiary/aromatic N) is 1. The number of nitrogens with one attached hydrogen (secondary N) is 2. The van der Waals surface area contributed by atoms with Gasteiger partial charge in [0.25, 0.3) is 15.0 Å². The van der Waals surface area contributed by atoms with Crippen LogP contribution in [0.15, 0.2) is 4.90 Å². The Kier molecular flexibility index (Phi) is 4.90. The molecule has 0 aromatic carbocycles. The summed E-state index contributed by atoms with van der Waals surface area (Å²) in [5, 5.41) is 9.15. The summed E-state index contributed by atoms with van der Waals surface area (Å²) in [6.45, 7) is 1.89. The minimum Gasteiger partial charge on any atom is -0.381 e. The standard InChI is InChI=1S/C12H18ClN3O4S/c1-3-4-9-11(21(13,18)19)10(16-15-9)12(17)14-7-5-8(6-7)20-2/h7-8H,3-6H2,1-2H3,(H,14,17)(H,15,16). The Bertz CT molecular complexity index is 622. The molecule has 1 aliphatic rings. The van der Waals surface area contributed by atoms with Crippen LogP contribution in [0, 0.1) is 0 Å². The number of ether oxygens (including phenoxy) is 1. The van der Waals surface area contributed by atoms with Gasteiger partial charge in [0.1, 0.15) is 4.90 Å². The molecule has 0 saturated heterocycles. The first-order valence-electron chi connectivity index (χ1n) is 6.72. The number of methoxy groups -OCH3 is 1. The molecule has 1 aromatic heterocycles. The highest BCUT2D eigenvalue weighted by Gasteiger charge is 2.33. The highest BCUT2D eigenvalue weighted by Crippen LogP contribution is 2.26. The zero-order chi connectivity index (χ0) is 15.6. The van der Waals surface area contributed by atoms with Gasteiger partial charge < -0.3 is 10.1 Å². The van der Waals surface area contributed by atoms with Crippen molar-refractivity contribution in [1.82, 2.24) is 15.5 Å². The normalized spacial score (nSPS) is 21.9. The van der Waals surface area contributed by atoms with Crippen molar-refractivity contribution in [3.63, 3.8) is 0 Å². The molecule has 0 atom stereocenters. The predicted octanol–water partition coefficient (Wildman–Crippen LogP) is 1.20. The van der Waals surface area contributed by atoms with Crippen LogP contribution in [0.25, 0.3) is 0 Å². The molecule has 0 bridgehead atoms. The smallest absolute Gasteiger partial charge is 0.273 e. The maximum Gasteiger partial charge on any atom is 0.273 e. The lowest BCUT2D eigenvalue weighted by molar-refractivity contribution is 0.0175. The lowest BCUT2D eigenvalue weighted by Gasteiger charge is -2.34. The summed E-state index contributed by atoms with van der Waals surface area (Å²) in [5.41, 5.74) is 0.190. The zero-order valence-electron chi connectivity index (χ0n) is 11.8. The van der Waals surface area contributed by atoms with Crippen LogP contribution in [-0.4, -0.2) is 43.8 Å². The van der Waals surface area contributed by atoms with Gasteiger partial charge in [0.05, 0.1) is 11.8 Å². The average molecular weight is 336 g/mol. The van der Waals surface area contributed by atoms with Crippen LogP contribution in [0.2, 0.25) is 0 Å². The summed E-state index contributed by atoms with van der Waals surface area (Å²) in [7, 11) is 3.01. The molecule has 1 fully saturated rings. The first kappa shape index (κ1) is 16.3. The Morgan fingerprint density at radius 1 is 1.52 bits per heavy atom. The van der Waals surface area contributed by atoms with E-state index in [2.05, 4.69) is 15.5 Å². The molecule has 7 nitrogen and oxygen atoms in total. The minimum absolute atomic E-state index is 0.0281. The largest absolute Gasteiger partial charge is 0.381 e. The number of carbonyl (C=O) groups is 1. The molecule has 1 saturated carbocycles. The molecule has 1 heterocycles. The number of carbonyl (C=O) groups excluding carboxylic acids is 1. The van der Waals surface area contributed by atoms with E-state index in [9.17, 15) is 13.2 Å². The number of hydrogen-bond donors (Lipinski definition) is 2. The number of rotatable bonds is 6. The van der Waals surface area contributed by atoms with Gasteiger partial charge in [-0.05, 0) is 19.3 Å². The average Bonchev–Trinajstić information content (AvgIpc) is 2.77. The maximum atomic E-state index is 12.2. The van der Waals surface area contributed by atoms with Gasteiger partial charge in [-0.25, -0.2) is 8.42 Å². The number of hydrogen-bond acceptors (Lipinski definition) is 5. The van der Waals surface area contributed by atoms with E-state index < -0.39 is 15.0 Å². The molecule has 2 rings (SSSR count). The van der Waals surface area contributed by atoms with Crippen LogP contribution >= 0.6 is 10.7 Å². The van der Waals surface area contributed by atoms with Gasteiger partial charge in [-0.1, -0.05) is 13.3 Å². The Hall–Kier alpha value is -1.12. The molecule has 0 radical (unpaired) electrons. The number of H-pyrrole nitrogens is 1. The Morgan fingerprint density at radius 3 is 2.71 bits per heavy atom. The SMILES string of the molecule is CCCc1[nH]nc(C(=O)NC2CC(OC)C2)c1S(=O)(=O)Cl. The van der Waals surface area contributed by atoms with Gasteiger partial charge in [-0.2, -0.15) is 5.10 Å². The Labute approximate surface area is 127 Å². The molecule has 2 N–H and O–H groups in total. The van der Waals surface area contributed by atoms with Gasteiger partial charge in [0.2, 0.25) is 0 Å². The molecule has 0 unspecified atom stereocenters. The van der Waals surface area contributed by atoms with Crippen LogP contribution < -0.4 is 5.32 Å². The molecular weight excluding hydrogens is 318 g/mol. The van der Waals surface area contributed by atoms with Gasteiger partial charge >= 0.3 is 0 Å². The van der Waals surface area contributed by atoms with E-state index in [1.807, 2.05) is 6.92 Å². The fourth-order valence-electron chi connectivity index (χ4n) is 2.33. The zero-order valence-corrected chi connectivity index (χ0v) is 13.4. The van der Waals surface area contributed by atoms with Gasteiger partial charge in [-0.15, -0.1) is 0 Å². The maximum absolute atomic E-state index is 12.2. The summed E-state index contributed by atoms with van der Waals surface area (Å²) in [6, 6.07) is -0.0281. The van der Waals surface area contributed by atoms with E-state index in [0.717, 1.165) is 0 Å². The fourth-order valence-corrected chi connectivity index (χ4v) is 3.64. The Balaban J connectivity index is 2.17. The van der Waals surface area contributed by atoms with E-state index >= 15 is 0 Å². The first-order chi connectivity index (χ1) is 9.86. The molecule has 0 aliphatic heterocycles. The molecule has 1 aliphatic carbocycles. The summed E-state index contributed by atoms with van der Waals surface area (Å²) in [6.07, 6.45) is 2.72. The van der Waals surface area contributed by atoms with Crippen molar-refractivity contribution in [3.05, 3.63) is 11.4 Å². The van der Waals surface area contributed by atoms with Gasteiger partial charge in [-0.3, -0.25) is 9.89 Å². The minimum atomic E-state index is -4.03. The van der Waals surface area contributed by atoms with E-state index in [1.54, 1.807) is 7.11 Å². The highest BCUT2D eigenvalue weighted by molar-refractivity contribution is 8.13.